The van der Waals surface area contributed by atoms with Gasteiger partial charge in [0.05, 0.1) is 0 Å². The zero-order chi connectivity index (χ0) is 12.8. The molecule has 0 spiro atoms. The van der Waals surface area contributed by atoms with E-state index in [1.807, 2.05) is 0 Å². The summed E-state index contributed by atoms with van der Waals surface area (Å²) in [6, 6.07) is 0. The van der Waals surface area contributed by atoms with Gasteiger partial charge < -0.3 is 13.8 Å². The molecule has 2 heteroatoms. The summed E-state index contributed by atoms with van der Waals surface area (Å²) in [6.07, 6.45) is 10.4. The van der Waals surface area contributed by atoms with Crippen molar-refractivity contribution in [3.05, 3.63) is 13.8 Å². The Morgan fingerprint density at radius 3 is 1.11 bits per heavy atom. The van der Waals surface area contributed by atoms with Crippen molar-refractivity contribution >= 4 is 0 Å². The van der Waals surface area contributed by atoms with Crippen LogP contribution in [0.4, 0.5) is 0 Å². The van der Waals surface area contributed by atoms with Crippen LogP contribution in [0.2, 0.25) is 0 Å². The molecule has 0 rings (SSSR count). The fraction of sp³-hybridized carbons (Fsp3) is 0.875. The van der Waals surface area contributed by atoms with Gasteiger partial charge in [0.25, 0.3) is 0 Å². The smallest absolute Gasteiger partial charge is 0 e. The topological polar surface area (TPSA) is 0 Å². The summed E-state index contributed by atoms with van der Waals surface area (Å²) in [6.45, 7) is 16.8. The molecule has 0 aromatic carbocycles. The monoisotopic (exact) mass is 510 g/mol. The van der Waals surface area contributed by atoms with Crippen molar-refractivity contribution < 1.29 is 81.7 Å². The number of hydrogen-bond acceptors (Lipinski definition) is 0. The van der Waals surface area contributed by atoms with E-state index in [1.165, 1.54) is 51.4 Å². The van der Waals surface area contributed by atoms with Gasteiger partial charge in [-0.15, -0.1) is 0 Å². The predicted molar refractivity (Wildman–Crippen MR) is 77.3 cm³/mol. The fourth-order valence-corrected chi connectivity index (χ4v) is 1.39. The van der Waals surface area contributed by atoms with Crippen LogP contribution in [0.25, 0.3) is 0 Å². The molecule has 0 N–H and O–H groups in total. The minimum Gasteiger partial charge on any atom is -0.340 e. The third-order valence-electron chi connectivity index (χ3n) is 3.09. The minimum atomic E-state index is 0. The van der Waals surface area contributed by atoms with E-state index in [0.29, 0.717) is 11.8 Å². The van der Waals surface area contributed by atoms with E-state index in [1.54, 1.807) is 0 Å². The van der Waals surface area contributed by atoms with E-state index in [4.69, 9.17) is 0 Å². The largest absolute Gasteiger partial charge is 0.340 e. The molecule has 2 unspecified atom stereocenters. The molecule has 0 amide bonds. The first-order chi connectivity index (χ1) is 7.62. The molecular formula is C16H34Nd2-2. The van der Waals surface area contributed by atoms with Crippen LogP contribution in [0.5, 0.6) is 0 Å². The Balaban J connectivity index is -0.0000000980. The molecule has 0 aliphatic carbocycles. The molecule has 0 nitrogen and oxygen atoms in total. The molecule has 0 heterocycles. The fourth-order valence-electron chi connectivity index (χ4n) is 1.39. The second-order valence-electron chi connectivity index (χ2n) is 4.83. The van der Waals surface area contributed by atoms with Gasteiger partial charge in [-0.3, -0.25) is 0 Å². The van der Waals surface area contributed by atoms with Crippen molar-refractivity contribution in [2.24, 2.45) is 11.8 Å². The molecule has 2 atom stereocenters. The van der Waals surface area contributed by atoms with Crippen molar-refractivity contribution in [2.75, 3.05) is 0 Å². The minimum absolute atomic E-state index is 0. The molecule has 0 saturated carbocycles. The van der Waals surface area contributed by atoms with E-state index in [2.05, 4.69) is 41.5 Å². The van der Waals surface area contributed by atoms with Crippen LogP contribution in [-0.4, -0.2) is 0 Å². The van der Waals surface area contributed by atoms with Gasteiger partial charge in [-0.25, -0.2) is 0 Å². The zero-order valence-electron chi connectivity index (χ0n) is 13.2. The van der Waals surface area contributed by atoms with Gasteiger partial charge in [0.1, 0.15) is 0 Å². The first-order valence-corrected chi connectivity index (χ1v) is 7.28. The molecule has 0 aromatic heterocycles. The molecule has 0 bridgehead atoms. The number of rotatable bonds is 8. The summed E-state index contributed by atoms with van der Waals surface area (Å²) in [5.74, 6) is 1.41. The Hall–Kier alpha value is 2.70. The Bertz CT molecular complexity index is 102. The standard InChI is InChI=1S/2C8H17.2Nd/c2*1-4-6-7-8(3)5-2;;/h2*8H,3-7H2,1-2H3;;/q2*-1;;. The van der Waals surface area contributed by atoms with E-state index in [-0.39, 0.29) is 81.7 Å². The van der Waals surface area contributed by atoms with Gasteiger partial charge in [-0.1, -0.05) is 79.1 Å². The van der Waals surface area contributed by atoms with Crippen molar-refractivity contribution in [3.63, 3.8) is 0 Å². The molecule has 0 radical (unpaired) electrons. The summed E-state index contributed by atoms with van der Waals surface area (Å²) in [5, 5.41) is 0. The third-order valence-corrected chi connectivity index (χ3v) is 3.09. The van der Waals surface area contributed by atoms with E-state index in [9.17, 15) is 0 Å². The number of unbranched alkanes of at least 4 members (excludes halogenated alkanes) is 2. The maximum absolute atomic E-state index is 3.99. The van der Waals surface area contributed by atoms with Crippen LogP contribution in [0.15, 0.2) is 0 Å². The van der Waals surface area contributed by atoms with Crippen LogP contribution in [0.3, 0.4) is 0 Å². The van der Waals surface area contributed by atoms with E-state index < -0.39 is 0 Å². The second kappa shape index (κ2) is 24.7. The summed E-state index contributed by atoms with van der Waals surface area (Å²) in [4.78, 5) is 0. The van der Waals surface area contributed by atoms with Gasteiger partial charge in [0.2, 0.25) is 0 Å². The maximum Gasteiger partial charge on any atom is 0 e. The zero-order valence-corrected chi connectivity index (χ0v) is 19.6. The molecule has 0 aliphatic heterocycles. The molecule has 0 saturated heterocycles. The van der Waals surface area contributed by atoms with Crippen LogP contribution in [-0.2, 0) is 0 Å². The SMILES string of the molecule is [CH2-]C(CC)CCCC.[CH2-]C(CC)CCCC.[Nd].[Nd]. The van der Waals surface area contributed by atoms with Gasteiger partial charge in [-0.05, 0) is 0 Å². The van der Waals surface area contributed by atoms with Crippen LogP contribution >= 0.6 is 0 Å². The molecule has 0 aliphatic rings. The van der Waals surface area contributed by atoms with Crippen molar-refractivity contribution in [2.45, 2.75) is 79.1 Å². The van der Waals surface area contributed by atoms with E-state index in [0.717, 1.165) is 0 Å². The normalized spacial score (nSPS) is 12.3. The summed E-state index contributed by atoms with van der Waals surface area (Å²) >= 11 is 0. The molecule has 108 valence electrons. The molecule has 0 aromatic rings. The summed E-state index contributed by atoms with van der Waals surface area (Å²) in [7, 11) is 0. The maximum atomic E-state index is 3.99. The third kappa shape index (κ3) is 27.1. The van der Waals surface area contributed by atoms with Crippen LogP contribution in [0, 0.1) is 107 Å². The van der Waals surface area contributed by atoms with Gasteiger partial charge in [0, 0.05) is 81.7 Å². The van der Waals surface area contributed by atoms with Crippen LogP contribution < -0.4 is 0 Å². The summed E-state index contributed by atoms with van der Waals surface area (Å²) in [5.41, 5.74) is 0. The van der Waals surface area contributed by atoms with Gasteiger partial charge >= 0.3 is 0 Å². The second-order valence-corrected chi connectivity index (χ2v) is 4.83. The Morgan fingerprint density at radius 2 is 0.944 bits per heavy atom. The quantitative estimate of drug-likeness (QED) is 0.345. The van der Waals surface area contributed by atoms with Crippen molar-refractivity contribution in [3.8, 4) is 0 Å². The molecular weight excluding hydrogens is 481 g/mol. The molecule has 18 heavy (non-hydrogen) atoms. The summed E-state index contributed by atoms with van der Waals surface area (Å²) < 4.78 is 0. The van der Waals surface area contributed by atoms with Crippen LogP contribution in [0.1, 0.15) is 79.1 Å². The van der Waals surface area contributed by atoms with Gasteiger partial charge in [0.15, 0.2) is 0 Å². The molecule has 0 fully saturated rings. The first kappa shape index (κ1) is 28.8. The van der Waals surface area contributed by atoms with Crippen molar-refractivity contribution in [1.29, 1.82) is 0 Å². The average Bonchev–Trinajstić information content (AvgIpc) is 2.33. The predicted octanol–water partition coefficient (Wildman–Crippen LogP) is 6.07. The Kier molecular flexibility index (Phi) is 39.5. The van der Waals surface area contributed by atoms with E-state index >= 15 is 0 Å². The Morgan fingerprint density at radius 1 is 0.667 bits per heavy atom. The van der Waals surface area contributed by atoms with Gasteiger partial charge in [-0.2, -0.15) is 11.8 Å². The average molecular weight is 515 g/mol. The van der Waals surface area contributed by atoms with Crippen molar-refractivity contribution in [1.82, 2.24) is 0 Å². The Labute approximate surface area is 183 Å². The number of hydrogen-bond donors (Lipinski definition) is 0. The first-order valence-electron chi connectivity index (χ1n) is 7.28.